The van der Waals surface area contributed by atoms with Crippen LogP contribution in [0.2, 0.25) is 0 Å². The molecule has 0 radical (unpaired) electrons. The van der Waals surface area contributed by atoms with Crippen molar-refractivity contribution in [3.05, 3.63) is 0 Å². The number of ketones is 1. The highest BCUT2D eigenvalue weighted by Crippen LogP contribution is 2.28. The van der Waals surface area contributed by atoms with Crippen LogP contribution in [0.25, 0.3) is 0 Å². The van der Waals surface area contributed by atoms with Gasteiger partial charge in [0.25, 0.3) is 0 Å². The minimum absolute atomic E-state index is 0. The molecular formula is C3H12F6O7. The smallest absolute Gasteiger partial charge is 0.412 e. The fourth-order valence-corrected chi connectivity index (χ4v) is 0.161. The van der Waals surface area contributed by atoms with Crippen molar-refractivity contribution in [3.8, 4) is 0 Å². The second kappa shape index (κ2) is 12.1. The van der Waals surface area contributed by atoms with Crippen molar-refractivity contribution in [2.24, 2.45) is 0 Å². The highest BCUT2D eigenvalue weighted by molar-refractivity contribution is 5.89. The van der Waals surface area contributed by atoms with Gasteiger partial charge in [0.05, 0.1) is 0 Å². The van der Waals surface area contributed by atoms with E-state index in [-0.39, 0.29) is 32.9 Å². The summed E-state index contributed by atoms with van der Waals surface area (Å²) in [6.07, 6.45) is -11.6. The summed E-state index contributed by atoms with van der Waals surface area (Å²) in [6, 6.07) is 0. The maximum Gasteiger partial charge on any atom is 0.459 e. The van der Waals surface area contributed by atoms with E-state index in [2.05, 4.69) is 0 Å². The summed E-state index contributed by atoms with van der Waals surface area (Å²) in [4.78, 5) is 9.24. The van der Waals surface area contributed by atoms with Crippen LogP contribution in [-0.2, 0) is 4.79 Å². The van der Waals surface area contributed by atoms with Crippen LogP contribution in [0.5, 0.6) is 0 Å². The molecule has 0 fully saturated rings. The topological polar surface area (TPSA) is 206 Å². The number of alkyl halides is 6. The van der Waals surface area contributed by atoms with Crippen LogP contribution < -0.4 is 0 Å². The summed E-state index contributed by atoms with van der Waals surface area (Å²) in [5.41, 5.74) is 0. The van der Waals surface area contributed by atoms with Crippen LogP contribution in [0.3, 0.4) is 0 Å². The molecule has 0 aromatic rings. The molecule has 0 aliphatic heterocycles. The maximum atomic E-state index is 10.9. The van der Waals surface area contributed by atoms with E-state index < -0.39 is 18.1 Å². The average molecular weight is 274 g/mol. The van der Waals surface area contributed by atoms with Crippen LogP contribution >= 0.6 is 0 Å². The first kappa shape index (κ1) is 45.9. The number of hydrogen-bond acceptors (Lipinski definition) is 1. The normalized spacial score (nSPS) is 8.38. The van der Waals surface area contributed by atoms with Gasteiger partial charge in [0.15, 0.2) is 0 Å². The Hall–Kier alpha value is -0.990. The number of Topliss-reactive ketones (excluding diaryl/α,β-unsaturated/α-hetero) is 1. The van der Waals surface area contributed by atoms with Gasteiger partial charge in [-0.1, -0.05) is 0 Å². The van der Waals surface area contributed by atoms with Crippen LogP contribution in [0.4, 0.5) is 26.3 Å². The molecular weight excluding hydrogens is 262 g/mol. The highest BCUT2D eigenvalue weighted by Gasteiger charge is 2.55. The van der Waals surface area contributed by atoms with E-state index in [0.717, 1.165) is 0 Å². The lowest BCUT2D eigenvalue weighted by Gasteiger charge is -2.06. The van der Waals surface area contributed by atoms with Crippen molar-refractivity contribution >= 4 is 5.78 Å². The van der Waals surface area contributed by atoms with Crippen molar-refractivity contribution in [3.63, 3.8) is 0 Å². The lowest BCUT2D eigenvalue weighted by Crippen LogP contribution is -2.36. The Kier molecular flexibility index (Phi) is 34.7. The van der Waals surface area contributed by atoms with E-state index >= 15 is 0 Å². The largest absolute Gasteiger partial charge is 0.459 e. The molecule has 0 bridgehead atoms. The summed E-state index contributed by atoms with van der Waals surface area (Å²) in [5.74, 6) is -3.68. The zero-order chi connectivity index (χ0) is 8.58. The predicted molar refractivity (Wildman–Crippen MR) is 38.8 cm³/mol. The third-order valence-electron chi connectivity index (χ3n) is 0.515. The van der Waals surface area contributed by atoms with E-state index in [1.54, 1.807) is 0 Å². The molecule has 0 rings (SSSR count). The van der Waals surface area contributed by atoms with Crippen molar-refractivity contribution in [1.82, 2.24) is 0 Å². The fraction of sp³-hybridized carbons (Fsp3) is 0.667. The lowest BCUT2D eigenvalue weighted by molar-refractivity contribution is -0.217. The molecule has 16 heavy (non-hydrogen) atoms. The van der Waals surface area contributed by atoms with Crippen LogP contribution in [0.15, 0.2) is 0 Å². The zero-order valence-electron chi connectivity index (χ0n) is 7.18. The van der Waals surface area contributed by atoms with Crippen LogP contribution in [0.1, 0.15) is 0 Å². The summed E-state index contributed by atoms with van der Waals surface area (Å²) >= 11 is 0. The SMILES string of the molecule is O.O.O.O.O.O.O=C(C(F)(F)F)C(F)(F)F. The lowest BCUT2D eigenvalue weighted by atomic mass is 10.4. The summed E-state index contributed by atoms with van der Waals surface area (Å²) in [5, 5.41) is 0. The highest BCUT2D eigenvalue weighted by atomic mass is 19.4. The monoisotopic (exact) mass is 274 g/mol. The number of halogens is 6. The molecule has 0 amide bonds. The Labute approximate surface area is 83.5 Å². The molecule has 0 aromatic heterocycles. The molecule has 0 heterocycles. The molecule has 12 N–H and O–H groups in total. The number of rotatable bonds is 0. The third kappa shape index (κ3) is 15.5. The average Bonchev–Trinajstić information content (AvgIpc) is 1.59. The van der Waals surface area contributed by atoms with Gasteiger partial charge in [0, 0.05) is 0 Å². The predicted octanol–water partition coefficient (Wildman–Crippen LogP) is -3.27. The number of carbonyl (C=O) groups is 1. The van der Waals surface area contributed by atoms with Crippen molar-refractivity contribution in [2.45, 2.75) is 12.4 Å². The summed E-state index contributed by atoms with van der Waals surface area (Å²) in [6.45, 7) is 0. The minimum Gasteiger partial charge on any atom is -0.412 e. The second-order valence-corrected chi connectivity index (χ2v) is 1.32. The molecule has 0 atom stereocenters. The molecule has 0 spiro atoms. The van der Waals surface area contributed by atoms with Gasteiger partial charge in [0.2, 0.25) is 0 Å². The first-order valence-corrected chi connectivity index (χ1v) is 1.84. The molecule has 0 unspecified atom stereocenters. The van der Waals surface area contributed by atoms with E-state index in [1.165, 1.54) is 0 Å². The Morgan fingerprint density at radius 2 is 0.688 bits per heavy atom. The molecule has 0 saturated carbocycles. The van der Waals surface area contributed by atoms with Gasteiger partial charge in [-0.05, 0) is 0 Å². The van der Waals surface area contributed by atoms with Crippen molar-refractivity contribution in [1.29, 1.82) is 0 Å². The zero-order valence-corrected chi connectivity index (χ0v) is 7.18. The standard InChI is InChI=1S/C3F6O.6H2O/c4-2(5,6)1(10)3(7,8)9;;;;;;/h;6*1H2. The van der Waals surface area contributed by atoms with Gasteiger partial charge in [-0.15, -0.1) is 0 Å². The van der Waals surface area contributed by atoms with Gasteiger partial charge >= 0.3 is 18.1 Å². The molecule has 13 heteroatoms. The van der Waals surface area contributed by atoms with E-state index in [1.807, 2.05) is 0 Å². The first-order valence-electron chi connectivity index (χ1n) is 1.84. The molecule has 0 saturated heterocycles. The van der Waals surface area contributed by atoms with E-state index in [4.69, 9.17) is 0 Å². The maximum absolute atomic E-state index is 10.9. The van der Waals surface area contributed by atoms with Gasteiger partial charge in [-0.3, -0.25) is 4.79 Å². The van der Waals surface area contributed by atoms with Gasteiger partial charge in [-0.25, -0.2) is 0 Å². The molecule has 108 valence electrons. The minimum atomic E-state index is -5.82. The summed E-state index contributed by atoms with van der Waals surface area (Å²) < 4.78 is 65.3. The van der Waals surface area contributed by atoms with E-state index in [9.17, 15) is 31.1 Å². The molecule has 7 nitrogen and oxygen atoms in total. The molecule has 0 aliphatic carbocycles. The fourth-order valence-electron chi connectivity index (χ4n) is 0.161. The Morgan fingerprint density at radius 1 is 0.562 bits per heavy atom. The van der Waals surface area contributed by atoms with Crippen LogP contribution in [-0.4, -0.2) is 51.0 Å². The van der Waals surface area contributed by atoms with Gasteiger partial charge in [0.1, 0.15) is 0 Å². The van der Waals surface area contributed by atoms with Gasteiger partial charge < -0.3 is 32.9 Å². The number of carbonyl (C=O) groups excluding carboxylic acids is 1. The van der Waals surface area contributed by atoms with Crippen molar-refractivity contribution in [2.75, 3.05) is 0 Å². The van der Waals surface area contributed by atoms with E-state index in [0.29, 0.717) is 0 Å². The summed E-state index contributed by atoms with van der Waals surface area (Å²) in [7, 11) is 0. The van der Waals surface area contributed by atoms with Gasteiger partial charge in [-0.2, -0.15) is 26.3 Å². The third-order valence-corrected chi connectivity index (χ3v) is 0.515. The first-order chi connectivity index (χ1) is 4.15. The Morgan fingerprint density at radius 3 is 0.688 bits per heavy atom. The molecule has 0 aromatic carbocycles. The quantitative estimate of drug-likeness (QED) is 0.409. The van der Waals surface area contributed by atoms with Crippen LogP contribution in [0, 0.1) is 0 Å². The Bertz CT molecular complexity index is 135. The Balaban J connectivity index is -0.0000000270. The van der Waals surface area contributed by atoms with Crippen molar-refractivity contribution < 1.29 is 64.0 Å². The second-order valence-electron chi connectivity index (χ2n) is 1.32. The molecule has 0 aliphatic rings. The number of hydrogen-bond donors (Lipinski definition) is 0.